The lowest BCUT2D eigenvalue weighted by atomic mass is 9.43. The molecule has 5 atom stereocenters. The molecule has 1 saturated heterocycles. The van der Waals surface area contributed by atoms with Crippen LogP contribution in [0.25, 0.3) is 0 Å². The van der Waals surface area contributed by atoms with E-state index in [1.54, 1.807) is 0 Å². The minimum absolute atomic E-state index is 0. The summed E-state index contributed by atoms with van der Waals surface area (Å²) in [4.78, 5) is 15.2. The number of carbonyl (C=O) groups is 1. The predicted molar refractivity (Wildman–Crippen MR) is 154 cm³/mol. The Kier molecular flexibility index (Phi) is 6.04. The molecule has 0 radical (unpaired) electrons. The van der Waals surface area contributed by atoms with Gasteiger partial charge in [0.25, 0.3) is 5.91 Å². The van der Waals surface area contributed by atoms with Crippen LogP contribution in [0, 0.1) is 31.1 Å². The van der Waals surface area contributed by atoms with Crippen molar-refractivity contribution in [2.24, 2.45) is 5.41 Å². The first-order valence-electron chi connectivity index (χ1n) is 13.1. The van der Waals surface area contributed by atoms with E-state index in [2.05, 4.69) is 51.9 Å². The third-order valence-corrected chi connectivity index (χ3v) is 10.2. The molecule has 2 fully saturated rings. The van der Waals surface area contributed by atoms with Crippen molar-refractivity contribution in [1.29, 1.82) is 0 Å². The highest BCUT2D eigenvalue weighted by molar-refractivity contribution is 14.0. The molecule has 1 amide bonds. The molecule has 190 valence electrons. The number of piperidine rings is 1. The molecule has 0 unspecified atom stereocenters. The lowest BCUT2D eigenvalue weighted by molar-refractivity contribution is -0.932. The molecule has 2 aliphatic heterocycles. The summed E-state index contributed by atoms with van der Waals surface area (Å²) >= 11 is 0. The quantitative estimate of drug-likeness (QED) is 0.263. The van der Waals surface area contributed by atoms with E-state index in [9.17, 15) is 4.79 Å². The van der Waals surface area contributed by atoms with E-state index >= 15 is 0 Å². The normalized spacial score (nSPS) is 32.2. The Morgan fingerprint density at radius 3 is 2.69 bits per heavy atom. The van der Waals surface area contributed by atoms with Crippen LogP contribution in [0.2, 0.25) is 0 Å². The number of halogens is 1. The molecule has 2 aliphatic carbocycles. The van der Waals surface area contributed by atoms with Crippen LogP contribution in [-0.4, -0.2) is 61.2 Å². The monoisotopic (exact) mass is 597 g/mol. The van der Waals surface area contributed by atoms with Gasteiger partial charge >= 0.3 is 0 Å². The van der Waals surface area contributed by atoms with Crippen LogP contribution in [0.3, 0.4) is 0 Å². The van der Waals surface area contributed by atoms with Gasteiger partial charge in [0.15, 0.2) is 0 Å². The van der Waals surface area contributed by atoms with Gasteiger partial charge in [-0.2, -0.15) is 0 Å². The summed E-state index contributed by atoms with van der Waals surface area (Å²) in [5.74, 6) is 7.00. The van der Waals surface area contributed by atoms with Gasteiger partial charge in [0.05, 0.1) is 38.1 Å². The van der Waals surface area contributed by atoms with Crippen molar-refractivity contribution in [3.8, 4) is 17.6 Å². The largest absolute Gasteiger partial charge is 0.487 e. The van der Waals surface area contributed by atoms with E-state index < -0.39 is 0 Å². The molecule has 1 saturated carbocycles. The zero-order chi connectivity index (χ0) is 24.8. The zero-order valence-electron chi connectivity index (χ0n) is 22.4. The van der Waals surface area contributed by atoms with Crippen LogP contribution in [-0.2, 0) is 16.6 Å². The van der Waals surface area contributed by atoms with E-state index in [1.165, 1.54) is 16.7 Å². The van der Waals surface area contributed by atoms with Gasteiger partial charge in [-0.05, 0) is 55.5 Å². The molecule has 2 bridgehead atoms. The molecular weight excluding hydrogens is 559 g/mol. The highest BCUT2D eigenvalue weighted by atomic mass is 127. The minimum atomic E-state index is -0.118. The standard InChI is InChI=1S/C31H37N2O2.HI/c1-20-8-7-9-22(18-20)11-13-26(34)32(4)24-14-15-30(3)25-19-23-12-10-21(2)28-27(23)31(30,29(24)35-28)16-17-33(25,5)6;/h7-10,12,18,24-25,29H,14-17,19H2,1-6H3;1H/q+1;/t24-,25+,29-,30-,31-;/m0./s1. The Labute approximate surface area is 233 Å². The van der Waals surface area contributed by atoms with Crippen molar-refractivity contribution in [2.45, 2.75) is 70.1 Å². The van der Waals surface area contributed by atoms with E-state index in [0.29, 0.717) is 6.04 Å². The number of rotatable bonds is 1. The number of carbonyl (C=O) groups excluding carboxylic acids is 1. The summed E-state index contributed by atoms with van der Waals surface area (Å²) < 4.78 is 8.02. The average molecular weight is 598 g/mol. The van der Waals surface area contributed by atoms with Crippen LogP contribution in [0.4, 0.5) is 0 Å². The molecular formula is C31H38IN2O2+. The molecule has 1 spiro atoms. The number of likely N-dealkylation sites (tertiary alicyclic amines) is 1. The molecule has 4 nitrogen and oxygen atoms in total. The third kappa shape index (κ3) is 3.33. The smallest absolute Gasteiger partial charge is 0.298 e. The van der Waals surface area contributed by atoms with Gasteiger partial charge in [0.1, 0.15) is 11.9 Å². The van der Waals surface area contributed by atoms with Crippen molar-refractivity contribution >= 4 is 29.9 Å². The van der Waals surface area contributed by atoms with Crippen molar-refractivity contribution in [3.05, 3.63) is 64.2 Å². The highest BCUT2D eigenvalue weighted by Crippen LogP contribution is 2.69. The van der Waals surface area contributed by atoms with Crippen molar-refractivity contribution in [2.75, 3.05) is 27.7 Å². The fourth-order valence-electron chi connectivity index (χ4n) is 8.32. The molecule has 2 aromatic carbocycles. The summed E-state index contributed by atoms with van der Waals surface area (Å²) in [6.07, 6.45) is 4.27. The molecule has 0 N–H and O–H groups in total. The average Bonchev–Trinajstić information content (AvgIpc) is 3.17. The first-order chi connectivity index (χ1) is 16.6. The number of nitrogens with zero attached hydrogens (tertiary/aromatic N) is 2. The third-order valence-electron chi connectivity index (χ3n) is 10.2. The van der Waals surface area contributed by atoms with Crippen LogP contribution in [0.1, 0.15) is 54.0 Å². The second-order valence-corrected chi connectivity index (χ2v) is 12.3. The van der Waals surface area contributed by atoms with Crippen LogP contribution >= 0.6 is 24.0 Å². The van der Waals surface area contributed by atoms with Gasteiger partial charge in [-0.3, -0.25) is 4.79 Å². The van der Waals surface area contributed by atoms with Crippen molar-refractivity contribution in [1.82, 2.24) is 4.90 Å². The first kappa shape index (κ1) is 25.6. The van der Waals surface area contributed by atoms with E-state index in [1.807, 2.05) is 43.1 Å². The van der Waals surface area contributed by atoms with Gasteiger partial charge in [-0.1, -0.05) is 37.1 Å². The molecule has 2 aromatic rings. The maximum absolute atomic E-state index is 13.3. The minimum Gasteiger partial charge on any atom is -0.487 e. The lowest BCUT2D eigenvalue weighted by Crippen LogP contribution is -2.76. The predicted octanol–water partition coefficient (Wildman–Crippen LogP) is 5.00. The number of likely N-dealkylation sites (N-methyl/N-ethyl adjacent to an activating group) is 2. The fraction of sp³-hybridized carbons (Fsp3) is 0.516. The molecule has 2 heterocycles. The van der Waals surface area contributed by atoms with Gasteiger partial charge < -0.3 is 14.1 Å². The van der Waals surface area contributed by atoms with Crippen LogP contribution in [0.15, 0.2) is 36.4 Å². The van der Waals surface area contributed by atoms with Crippen molar-refractivity contribution < 1.29 is 14.0 Å². The number of hydrogen-bond donors (Lipinski definition) is 0. The Bertz CT molecular complexity index is 1310. The van der Waals surface area contributed by atoms with E-state index in [0.717, 1.165) is 53.6 Å². The number of amides is 1. The number of ether oxygens (including phenoxy) is 1. The second-order valence-electron chi connectivity index (χ2n) is 12.3. The topological polar surface area (TPSA) is 29.5 Å². The van der Waals surface area contributed by atoms with Gasteiger partial charge in [-0.15, -0.1) is 24.0 Å². The lowest BCUT2D eigenvalue weighted by Gasteiger charge is -2.66. The zero-order valence-corrected chi connectivity index (χ0v) is 24.7. The van der Waals surface area contributed by atoms with Gasteiger partial charge in [0.2, 0.25) is 0 Å². The summed E-state index contributed by atoms with van der Waals surface area (Å²) in [7, 11) is 6.76. The summed E-state index contributed by atoms with van der Waals surface area (Å²) in [5, 5.41) is 0. The van der Waals surface area contributed by atoms with Crippen LogP contribution in [0.5, 0.6) is 5.75 Å². The number of hydrogen-bond acceptors (Lipinski definition) is 2. The molecule has 6 rings (SSSR count). The van der Waals surface area contributed by atoms with E-state index in [-0.39, 0.29) is 52.9 Å². The Hall–Kier alpha value is -2.04. The summed E-state index contributed by atoms with van der Waals surface area (Å²) in [6, 6.07) is 13.2. The maximum Gasteiger partial charge on any atom is 0.298 e. The van der Waals surface area contributed by atoms with Gasteiger partial charge in [-0.25, -0.2) is 0 Å². The molecule has 5 heteroatoms. The summed E-state index contributed by atoms with van der Waals surface area (Å²) in [6.45, 7) is 7.89. The van der Waals surface area contributed by atoms with Crippen molar-refractivity contribution in [3.63, 3.8) is 0 Å². The Balaban J connectivity index is 0.00000267. The number of aryl methyl sites for hydroxylation is 2. The molecule has 36 heavy (non-hydrogen) atoms. The Morgan fingerprint density at radius 1 is 1.17 bits per heavy atom. The van der Waals surface area contributed by atoms with Crippen LogP contribution < -0.4 is 4.74 Å². The SMILES string of the molecule is Cc1cccc(C#CC(=O)N(C)[C@H]2CC[C@@]3(C)[C@H]4Cc5ccc(C)c6c5[C@@]3(CC[N+]4(C)C)[C@H]2O6)c1.I. The highest BCUT2D eigenvalue weighted by Gasteiger charge is 2.74. The summed E-state index contributed by atoms with van der Waals surface area (Å²) in [5.41, 5.74) is 6.30. The van der Waals surface area contributed by atoms with Gasteiger partial charge in [0, 0.05) is 42.4 Å². The fourth-order valence-corrected chi connectivity index (χ4v) is 8.32. The maximum atomic E-state index is 13.3. The van der Waals surface area contributed by atoms with E-state index in [4.69, 9.17) is 4.74 Å². The Morgan fingerprint density at radius 2 is 1.94 bits per heavy atom. The molecule has 4 aliphatic rings. The second kappa shape index (κ2) is 8.49. The number of benzene rings is 2. The number of quaternary nitrogens is 1. The molecule has 0 aromatic heterocycles. The first-order valence-corrected chi connectivity index (χ1v) is 13.1.